The Balaban J connectivity index is 3.66. The maximum absolute atomic E-state index is 11.3. The first-order chi connectivity index (χ1) is 8.37. The Morgan fingerprint density at radius 2 is 2.00 bits per heavy atom. The van der Waals surface area contributed by atoms with E-state index in [9.17, 15) is 8.42 Å². The predicted molar refractivity (Wildman–Crippen MR) is 79.6 cm³/mol. The Labute approximate surface area is 113 Å². The quantitative estimate of drug-likeness (QED) is 0.492. The van der Waals surface area contributed by atoms with Gasteiger partial charge in [0.05, 0.1) is 5.75 Å². The summed E-state index contributed by atoms with van der Waals surface area (Å²) in [7, 11) is -2.79. The van der Waals surface area contributed by atoms with Crippen molar-refractivity contribution in [2.24, 2.45) is 5.92 Å². The lowest BCUT2D eigenvalue weighted by atomic mass is 10.1. The second-order valence-electron chi connectivity index (χ2n) is 5.28. The maximum atomic E-state index is 11.3. The SMILES string of the molecule is CCS(=O)(=O)CCCC(C)=CCCNCC(C)C. The highest BCUT2D eigenvalue weighted by Crippen LogP contribution is 2.07. The summed E-state index contributed by atoms with van der Waals surface area (Å²) in [5.41, 5.74) is 1.30. The van der Waals surface area contributed by atoms with Crippen molar-refractivity contribution in [3.05, 3.63) is 11.6 Å². The molecule has 4 heteroatoms. The van der Waals surface area contributed by atoms with Crippen LogP contribution in [0.5, 0.6) is 0 Å². The van der Waals surface area contributed by atoms with Crippen LogP contribution in [0.4, 0.5) is 0 Å². The van der Waals surface area contributed by atoms with Gasteiger partial charge in [0, 0.05) is 5.75 Å². The maximum Gasteiger partial charge on any atom is 0.150 e. The van der Waals surface area contributed by atoms with E-state index >= 15 is 0 Å². The lowest BCUT2D eigenvalue weighted by Gasteiger charge is -2.06. The van der Waals surface area contributed by atoms with Crippen LogP contribution in [0.2, 0.25) is 0 Å². The molecular weight excluding hydrogens is 246 g/mol. The van der Waals surface area contributed by atoms with Gasteiger partial charge in [-0.15, -0.1) is 0 Å². The highest BCUT2D eigenvalue weighted by molar-refractivity contribution is 7.91. The van der Waals surface area contributed by atoms with E-state index in [1.807, 2.05) is 0 Å². The molecule has 0 bridgehead atoms. The summed E-state index contributed by atoms with van der Waals surface area (Å²) < 4.78 is 22.6. The average Bonchev–Trinajstić information content (AvgIpc) is 2.28. The molecule has 1 N–H and O–H groups in total. The molecule has 0 heterocycles. The van der Waals surface area contributed by atoms with Crippen LogP contribution in [-0.4, -0.2) is 33.0 Å². The monoisotopic (exact) mass is 275 g/mol. The summed E-state index contributed by atoms with van der Waals surface area (Å²) in [6, 6.07) is 0. The smallest absolute Gasteiger partial charge is 0.150 e. The minimum atomic E-state index is -2.79. The van der Waals surface area contributed by atoms with E-state index in [4.69, 9.17) is 0 Å². The summed E-state index contributed by atoms with van der Waals surface area (Å²) in [5, 5.41) is 3.39. The zero-order chi connectivity index (χ0) is 14.0. The molecule has 0 radical (unpaired) electrons. The van der Waals surface area contributed by atoms with Crippen LogP contribution in [0.3, 0.4) is 0 Å². The minimum Gasteiger partial charge on any atom is -0.316 e. The van der Waals surface area contributed by atoms with Gasteiger partial charge in [-0.1, -0.05) is 32.4 Å². The average molecular weight is 275 g/mol. The van der Waals surface area contributed by atoms with Crippen LogP contribution in [0.1, 0.15) is 47.0 Å². The predicted octanol–water partition coefficient (Wildman–Crippen LogP) is 2.78. The van der Waals surface area contributed by atoms with Gasteiger partial charge in [0.25, 0.3) is 0 Å². The normalized spacial score (nSPS) is 13.3. The largest absolute Gasteiger partial charge is 0.316 e. The van der Waals surface area contributed by atoms with Gasteiger partial charge < -0.3 is 5.32 Å². The molecule has 0 saturated carbocycles. The van der Waals surface area contributed by atoms with Crippen molar-refractivity contribution in [3.63, 3.8) is 0 Å². The lowest BCUT2D eigenvalue weighted by molar-refractivity contribution is 0.556. The van der Waals surface area contributed by atoms with Gasteiger partial charge in [0.15, 0.2) is 0 Å². The van der Waals surface area contributed by atoms with Crippen molar-refractivity contribution >= 4 is 9.84 Å². The summed E-state index contributed by atoms with van der Waals surface area (Å²) >= 11 is 0. The summed E-state index contributed by atoms with van der Waals surface area (Å²) in [4.78, 5) is 0. The van der Waals surface area contributed by atoms with Crippen LogP contribution in [0.25, 0.3) is 0 Å². The molecular formula is C14H29NO2S. The van der Waals surface area contributed by atoms with E-state index in [1.165, 1.54) is 5.57 Å². The van der Waals surface area contributed by atoms with Crippen molar-refractivity contribution in [3.8, 4) is 0 Å². The van der Waals surface area contributed by atoms with Crippen molar-refractivity contribution in [1.82, 2.24) is 5.32 Å². The van der Waals surface area contributed by atoms with Crippen LogP contribution in [0.15, 0.2) is 11.6 Å². The van der Waals surface area contributed by atoms with Gasteiger partial charge in [-0.25, -0.2) is 8.42 Å². The first-order valence-corrected chi connectivity index (χ1v) is 8.76. The fraction of sp³-hybridized carbons (Fsp3) is 0.857. The molecule has 0 aromatic carbocycles. The van der Waals surface area contributed by atoms with E-state index in [0.29, 0.717) is 11.7 Å². The molecule has 0 aromatic rings. The van der Waals surface area contributed by atoms with Crippen LogP contribution >= 0.6 is 0 Å². The van der Waals surface area contributed by atoms with Crippen molar-refractivity contribution in [2.75, 3.05) is 24.6 Å². The lowest BCUT2D eigenvalue weighted by Crippen LogP contribution is -2.20. The molecule has 0 rings (SSSR count). The van der Waals surface area contributed by atoms with E-state index in [2.05, 4.69) is 32.2 Å². The Morgan fingerprint density at radius 1 is 1.33 bits per heavy atom. The number of allylic oxidation sites excluding steroid dienone is 1. The van der Waals surface area contributed by atoms with Gasteiger partial charge in [-0.05, 0) is 45.2 Å². The van der Waals surface area contributed by atoms with E-state index in [0.717, 1.165) is 32.4 Å². The van der Waals surface area contributed by atoms with E-state index < -0.39 is 9.84 Å². The fourth-order valence-corrected chi connectivity index (χ4v) is 2.50. The molecule has 0 aliphatic rings. The molecule has 0 saturated heterocycles. The van der Waals surface area contributed by atoms with E-state index in [-0.39, 0.29) is 5.75 Å². The van der Waals surface area contributed by atoms with Gasteiger partial charge >= 0.3 is 0 Å². The molecule has 0 amide bonds. The Morgan fingerprint density at radius 3 is 2.56 bits per heavy atom. The molecule has 0 fully saturated rings. The topological polar surface area (TPSA) is 46.2 Å². The highest BCUT2D eigenvalue weighted by atomic mass is 32.2. The van der Waals surface area contributed by atoms with Gasteiger partial charge in [0.2, 0.25) is 0 Å². The van der Waals surface area contributed by atoms with Gasteiger partial charge in [0.1, 0.15) is 9.84 Å². The minimum absolute atomic E-state index is 0.259. The summed E-state index contributed by atoms with van der Waals surface area (Å²) in [6.07, 6.45) is 4.88. The second kappa shape index (κ2) is 9.56. The van der Waals surface area contributed by atoms with Crippen LogP contribution < -0.4 is 5.32 Å². The first kappa shape index (κ1) is 17.6. The summed E-state index contributed by atoms with van der Waals surface area (Å²) in [5.74, 6) is 1.27. The number of hydrogen-bond acceptors (Lipinski definition) is 3. The number of rotatable bonds is 10. The molecule has 0 atom stereocenters. The first-order valence-electron chi connectivity index (χ1n) is 6.94. The van der Waals surface area contributed by atoms with Crippen molar-refractivity contribution in [2.45, 2.75) is 47.0 Å². The van der Waals surface area contributed by atoms with E-state index in [1.54, 1.807) is 6.92 Å². The summed E-state index contributed by atoms with van der Waals surface area (Å²) in [6.45, 7) is 10.2. The molecule has 0 aromatic heterocycles. The molecule has 108 valence electrons. The fourth-order valence-electron chi connectivity index (χ4n) is 1.63. The number of hydrogen-bond donors (Lipinski definition) is 1. The third kappa shape index (κ3) is 10.8. The zero-order valence-electron chi connectivity index (χ0n) is 12.3. The standard InChI is InChI=1S/C14H29NO2S/c1-5-18(16,17)11-7-9-14(4)8-6-10-15-12-13(2)3/h8,13,15H,5-7,9-12H2,1-4H3. The highest BCUT2D eigenvalue weighted by Gasteiger charge is 2.06. The van der Waals surface area contributed by atoms with Crippen LogP contribution in [0, 0.1) is 5.92 Å². The van der Waals surface area contributed by atoms with Crippen molar-refractivity contribution in [1.29, 1.82) is 0 Å². The number of nitrogens with one attached hydrogen (secondary N) is 1. The second-order valence-corrected chi connectivity index (χ2v) is 7.75. The van der Waals surface area contributed by atoms with Crippen LogP contribution in [-0.2, 0) is 9.84 Å². The molecule has 0 aliphatic heterocycles. The third-order valence-electron chi connectivity index (χ3n) is 2.83. The number of sulfone groups is 1. The van der Waals surface area contributed by atoms with Crippen molar-refractivity contribution < 1.29 is 8.42 Å². The molecule has 18 heavy (non-hydrogen) atoms. The molecule has 3 nitrogen and oxygen atoms in total. The Hall–Kier alpha value is -0.350. The Bertz CT molecular complexity index is 332. The molecule has 0 aliphatic carbocycles. The molecule has 0 unspecified atom stereocenters. The Kier molecular flexibility index (Phi) is 9.38. The third-order valence-corrected chi connectivity index (χ3v) is 4.62. The van der Waals surface area contributed by atoms with Gasteiger partial charge in [-0.2, -0.15) is 0 Å². The zero-order valence-corrected chi connectivity index (χ0v) is 13.1. The molecule has 0 spiro atoms. The van der Waals surface area contributed by atoms with Gasteiger partial charge in [-0.3, -0.25) is 0 Å².